The molecule has 2 aromatic rings. The molecule has 2 heterocycles. The maximum Gasteiger partial charge on any atom is 0.348 e. The molecule has 0 radical (unpaired) electrons. The maximum atomic E-state index is 12.3. The van der Waals surface area contributed by atoms with Gasteiger partial charge in [-0.25, -0.2) is 4.79 Å². The van der Waals surface area contributed by atoms with E-state index in [0.29, 0.717) is 16.5 Å². The van der Waals surface area contributed by atoms with E-state index < -0.39 is 11.2 Å². The third-order valence-electron chi connectivity index (χ3n) is 3.72. The molecule has 0 spiro atoms. The van der Waals surface area contributed by atoms with Crippen LogP contribution >= 0.6 is 23.1 Å². The molecule has 136 valence electrons. The molecule has 2 amide bonds. The van der Waals surface area contributed by atoms with Crippen LogP contribution in [0.2, 0.25) is 0 Å². The average Bonchev–Trinajstić information content (AvgIpc) is 2.96. The van der Waals surface area contributed by atoms with Crippen molar-refractivity contribution in [2.24, 2.45) is 0 Å². The summed E-state index contributed by atoms with van der Waals surface area (Å²) >= 11 is 2.55. The first-order valence-corrected chi connectivity index (χ1v) is 9.81. The van der Waals surface area contributed by atoms with Crippen LogP contribution in [0.4, 0.5) is 10.7 Å². The quantitative estimate of drug-likeness (QED) is 0.761. The number of amides is 2. The summed E-state index contributed by atoms with van der Waals surface area (Å²) < 4.78 is 5.00. The van der Waals surface area contributed by atoms with Gasteiger partial charge >= 0.3 is 5.97 Å². The van der Waals surface area contributed by atoms with Crippen LogP contribution in [0.3, 0.4) is 0 Å². The zero-order valence-electron chi connectivity index (χ0n) is 14.3. The first-order chi connectivity index (χ1) is 12.5. The molecule has 0 aliphatic carbocycles. The van der Waals surface area contributed by atoms with Crippen molar-refractivity contribution < 1.29 is 19.1 Å². The molecule has 0 saturated carbocycles. The third kappa shape index (κ3) is 4.08. The number of hydrogen-bond acceptors (Lipinski definition) is 6. The van der Waals surface area contributed by atoms with Gasteiger partial charge in [0.15, 0.2) is 0 Å². The number of nitrogens with one attached hydrogen (secondary N) is 2. The second kappa shape index (κ2) is 7.92. The number of ether oxygens (including phenoxy) is 1. The van der Waals surface area contributed by atoms with Gasteiger partial charge in [0.05, 0.1) is 22.5 Å². The zero-order chi connectivity index (χ0) is 18.7. The van der Waals surface area contributed by atoms with Gasteiger partial charge in [-0.1, -0.05) is 12.1 Å². The summed E-state index contributed by atoms with van der Waals surface area (Å²) in [5, 5.41) is 5.67. The molecule has 0 fully saturated rings. The predicted octanol–water partition coefficient (Wildman–Crippen LogP) is 3.67. The number of fused-ring (bicyclic) bond motifs is 1. The highest BCUT2D eigenvalue weighted by atomic mass is 32.2. The molecule has 8 heteroatoms. The van der Waals surface area contributed by atoms with E-state index in [-0.39, 0.29) is 18.2 Å². The molecule has 1 aliphatic rings. The van der Waals surface area contributed by atoms with Gasteiger partial charge in [0, 0.05) is 11.3 Å². The SMILES string of the molecule is CCOC(=O)c1sc(NC(=O)C[C@@H]2Sc3ccccc3NC2=O)cc1C. The normalized spacial score (nSPS) is 15.8. The van der Waals surface area contributed by atoms with Crippen molar-refractivity contribution in [2.45, 2.75) is 30.4 Å². The smallest absolute Gasteiger partial charge is 0.348 e. The first kappa shape index (κ1) is 18.5. The van der Waals surface area contributed by atoms with Crippen molar-refractivity contribution in [1.29, 1.82) is 0 Å². The fraction of sp³-hybridized carbons (Fsp3) is 0.278. The maximum absolute atomic E-state index is 12.3. The summed E-state index contributed by atoms with van der Waals surface area (Å²) in [6, 6.07) is 9.23. The summed E-state index contributed by atoms with van der Waals surface area (Å²) in [4.78, 5) is 37.8. The van der Waals surface area contributed by atoms with E-state index in [0.717, 1.165) is 16.1 Å². The minimum atomic E-state index is -0.490. The highest BCUT2D eigenvalue weighted by Crippen LogP contribution is 2.37. The standard InChI is InChI=1S/C18H18N2O4S2/c1-3-24-18(23)16-10(2)8-15(26-16)20-14(21)9-13-17(22)19-11-6-4-5-7-12(11)25-13/h4-8,13H,3,9H2,1-2H3,(H,19,22)(H,20,21)/t13-/m0/s1. The van der Waals surface area contributed by atoms with Gasteiger partial charge in [0.25, 0.3) is 0 Å². The van der Waals surface area contributed by atoms with Crippen molar-refractivity contribution in [1.82, 2.24) is 0 Å². The number of thioether (sulfide) groups is 1. The van der Waals surface area contributed by atoms with Gasteiger partial charge in [-0.15, -0.1) is 23.1 Å². The van der Waals surface area contributed by atoms with Crippen LogP contribution in [0.15, 0.2) is 35.2 Å². The van der Waals surface area contributed by atoms with Gasteiger partial charge in [-0.05, 0) is 37.6 Å². The number of esters is 1. The molecule has 1 aromatic carbocycles. The highest BCUT2D eigenvalue weighted by Gasteiger charge is 2.29. The Hall–Kier alpha value is -2.32. The van der Waals surface area contributed by atoms with E-state index in [1.54, 1.807) is 19.9 Å². The molecule has 26 heavy (non-hydrogen) atoms. The van der Waals surface area contributed by atoms with Crippen LogP contribution < -0.4 is 10.6 Å². The number of rotatable bonds is 5. The van der Waals surface area contributed by atoms with Gasteiger partial charge in [0.2, 0.25) is 11.8 Å². The molecule has 1 aromatic heterocycles. The Labute approximate surface area is 159 Å². The second-order valence-electron chi connectivity index (χ2n) is 5.69. The summed E-state index contributed by atoms with van der Waals surface area (Å²) in [5.74, 6) is -0.846. The lowest BCUT2D eigenvalue weighted by Gasteiger charge is -2.23. The summed E-state index contributed by atoms with van der Waals surface area (Å²) in [7, 11) is 0. The molecular formula is C18H18N2O4S2. The molecule has 2 N–H and O–H groups in total. The third-order valence-corrected chi connectivity index (χ3v) is 6.13. The largest absolute Gasteiger partial charge is 0.462 e. The Balaban J connectivity index is 1.64. The average molecular weight is 390 g/mol. The lowest BCUT2D eigenvalue weighted by molar-refractivity contribution is -0.120. The molecule has 1 atom stereocenters. The Morgan fingerprint density at radius 2 is 2.08 bits per heavy atom. The minimum Gasteiger partial charge on any atom is -0.462 e. The lowest BCUT2D eigenvalue weighted by atomic mass is 10.2. The molecular weight excluding hydrogens is 372 g/mol. The number of hydrogen-bond donors (Lipinski definition) is 2. The fourth-order valence-electron chi connectivity index (χ4n) is 2.53. The van der Waals surface area contributed by atoms with Crippen molar-refractivity contribution in [3.8, 4) is 0 Å². The zero-order valence-corrected chi connectivity index (χ0v) is 16.0. The van der Waals surface area contributed by atoms with Gasteiger partial charge < -0.3 is 15.4 Å². The van der Waals surface area contributed by atoms with Crippen LogP contribution in [0.25, 0.3) is 0 Å². The summed E-state index contributed by atoms with van der Waals surface area (Å²) in [5.41, 5.74) is 1.52. The second-order valence-corrected chi connectivity index (χ2v) is 7.98. The van der Waals surface area contributed by atoms with E-state index in [4.69, 9.17) is 4.74 Å². The number of para-hydroxylation sites is 1. The molecule has 3 rings (SSSR count). The number of aryl methyl sites for hydroxylation is 1. The molecule has 6 nitrogen and oxygen atoms in total. The number of benzene rings is 1. The van der Waals surface area contributed by atoms with Gasteiger partial charge in [0.1, 0.15) is 4.88 Å². The Morgan fingerprint density at radius 3 is 2.85 bits per heavy atom. The molecule has 0 bridgehead atoms. The number of thiophene rings is 1. The van der Waals surface area contributed by atoms with Crippen LogP contribution in [0, 0.1) is 6.92 Å². The Kier molecular flexibility index (Phi) is 5.63. The van der Waals surface area contributed by atoms with Crippen molar-refractivity contribution in [3.05, 3.63) is 40.8 Å². The Bertz CT molecular complexity index is 863. The lowest BCUT2D eigenvalue weighted by Crippen LogP contribution is -2.32. The van der Waals surface area contributed by atoms with Crippen LogP contribution in [-0.2, 0) is 14.3 Å². The summed E-state index contributed by atoms with van der Waals surface area (Å²) in [6.45, 7) is 3.84. The van der Waals surface area contributed by atoms with Crippen LogP contribution in [0.5, 0.6) is 0 Å². The van der Waals surface area contributed by atoms with Crippen LogP contribution in [0.1, 0.15) is 28.6 Å². The van der Waals surface area contributed by atoms with Crippen LogP contribution in [-0.4, -0.2) is 29.6 Å². The van der Waals surface area contributed by atoms with E-state index in [1.807, 2.05) is 24.3 Å². The number of anilines is 2. The van der Waals surface area contributed by atoms with Crippen molar-refractivity contribution in [2.75, 3.05) is 17.2 Å². The molecule has 1 aliphatic heterocycles. The van der Waals surface area contributed by atoms with E-state index >= 15 is 0 Å². The molecule has 0 unspecified atom stereocenters. The minimum absolute atomic E-state index is 0.0521. The summed E-state index contributed by atoms with van der Waals surface area (Å²) in [6.07, 6.45) is 0.0521. The van der Waals surface area contributed by atoms with E-state index in [9.17, 15) is 14.4 Å². The van der Waals surface area contributed by atoms with Crippen molar-refractivity contribution in [3.63, 3.8) is 0 Å². The molecule has 0 saturated heterocycles. The van der Waals surface area contributed by atoms with Gasteiger partial charge in [-0.2, -0.15) is 0 Å². The highest BCUT2D eigenvalue weighted by molar-refractivity contribution is 8.01. The predicted molar refractivity (Wildman–Crippen MR) is 103 cm³/mol. The fourth-order valence-corrected chi connectivity index (χ4v) is 4.62. The Morgan fingerprint density at radius 1 is 1.31 bits per heavy atom. The van der Waals surface area contributed by atoms with E-state index in [1.165, 1.54) is 23.1 Å². The van der Waals surface area contributed by atoms with Crippen molar-refractivity contribution >= 4 is 51.6 Å². The monoisotopic (exact) mass is 390 g/mol. The van der Waals surface area contributed by atoms with E-state index in [2.05, 4.69) is 10.6 Å². The topological polar surface area (TPSA) is 84.5 Å². The van der Waals surface area contributed by atoms with Gasteiger partial charge in [-0.3, -0.25) is 9.59 Å². The number of carbonyl (C=O) groups excluding carboxylic acids is 3. The first-order valence-electron chi connectivity index (χ1n) is 8.12. The number of carbonyl (C=O) groups is 3.